The Balaban J connectivity index is 0.744. The number of nitrogens with one attached hydrogen (secondary N) is 1. The Morgan fingerprint density at radius 3 is 2.19 bits per heavy atom. The molecule has 10 heteroatoms. The molecule has 0 aromatic heterocycles. The zero-order valence-corrected chi connectivity index (χ0v) is 32.9. The predicted octanol–water partition coefficient (Wildman–Crippen LogP) is 7.50. The number of aromatic hydroxyl groups is 1. The van der Waals surface area contributed by atoms with Crippen molar-refractivity contribution in [1.29, 1.82) is 0 Å². The van der Waals surface area contributed by atoms with Crippen molar-refractivity contribution in [2.75, 3.05) is 39.3 Å². The molecule has 58 heavy (non-hydrogen) atoms. The molecular weight excluding hydrogens is 732 g/mol. The van der Waals surface area contributed by atoms with E-state index in [-0.39, 0.29) is 41.1 Å². The zero-order chi connectivity index (χ0) is 39.9. The van der Waals surface area contributed by atoms with Crippen LogP contribution >= 0.6 is 0 Å². The van der Waals surface area contributed by atoms with Gasteiger partial charge in [-0.05, 0) is 166 Å². The molecule has 300 valence electrons. The summed E-state index contributed by atoms with van der Waals surface area (Å²) in [6, 6.07) is 26.5. The molecule has 2 N–H and O–H groups in total. The van der Waals surface area contributed by atoms with Crippen molar-refractivity contribution in [2.24, 2.45) is 0 Å². The lowest BCUT2D eigenvalue weighted by Gasteiger charge is -2.42. The Kier molecular flexibility index (Phi) is 10.6. The fraction of sp³-hybridized carbons (Fsp3) is 0.396. The third kappa shape index (κ3) is 7.55. The number of hydrogen-bond donors (Lipinski definition) is 2. The second kappa shape index (κ2) is 16.1. The number of ether oxygens (including phenoxy) is 1. The number of hydrogen-bond acceptors (Lipinski definition) is 7. The molecule has 0 spiro atoms. The van der Waals surface area contributed by atoms with Gasteiger partial charge in [-0.15, -0.1) is 0 Å². The van der Waals surface area contributed by atoms with Gasteiger partial charge in [0.25, 0.3) is 11.8 Å². The molecule has 0 radical (unpaired) electrons. The number of phenols is 1. The van der Waals surface area contributed by atoms with Crippen LogP contribution in [0.25, 0.3) is 0 Å². The Labute approximate surface area is 339 Å². The van der Waals surface area contributed by atoms with Gasteiger partial charge in [0, 0.05) is 24.2 Å². The molecule has 9 nitrogen and oxygen atoms in total. The molecule has 1 aliphatic carbocycles. The summed E-state index contributed by atoms with van der Waals surface area (Å²) >= 11 is 0. The first kappa shape index (κ1) is 38.2. The standard InChI is InChI=1S/C48H51FN4O5/c1-30-2-17-44(46(55)50-30)53-47(56)42-15-7-34(29-43(42)48(53)57)31-18-24-52(25-19-31)37-20-22-51(23-21-37)26-27-58-39-12-5-33(6-13-39)45-40(32-3-9-36(49)10-4-32)14-8-35-28-38(54)11-16-41(35)45/h3-7,9-13,15-16,28-29,31,37,40,44-45,54H,1-2,8,14,17-27H2,(H,50,55)/t40-,44?,45+/m0/s1. The molecule has 3 atom stereocenters. The quantitative estimate of drug-likeness (QED) is 0.170. The second-order valence-corrected chi connectivity index (χ2v) is 16.8. The third-order valence-electron chi connectivity index (χ3n) is 13.5. The molecule has 1 unspecified atom stereocenters. The monoisotopic (exact) mass is 782 g/mol. The van der Waals surface area contributed by atoms with Gasteiger partial charge in [-0.1, -0.05) is 43.0 Å². The van der Waals surface area contributed by atoms with Gasteiger partial charge >= 0.3 is 0 Å². The van der Waals surface area contributed by atoms with Crippen LogP contribution in [-0.4, -0.2) is 88.9 Å². The van der Waals surface area contributed by atoms with Crippen molar-refractivity contribution < 1.29 is 28.6 Å². The Morgan fingerprint density at radius 2 is 1.45 bits per heavy atom. The number of aryl methyl sites for hydroxylation is 1. The minimum Gasteiger partial charge on any atom is -0.508 e. The minimum absolute atomic E-state index is 0.0962. The first-order valence-corrected chi connectivity index (χ1v) is 21.0. The summed E-state index contributed by atoms with van der Waals surface area (Å²) < 4.78 is 20.1. The zero-order valence-electron chi connectivity index (χ0n) is 32.9. The van der Waals surface area contributed by atoms with Gasteiger partial charge in [0.1, 0.15) is 30.0 Å². The van der Waals surface area contributed by atoms with Gasteiger partial charge in [0.2, 0.25) is 5.91 Å². The lowest BCUT2D eigenvalue weighted by Crippen LogP contribution is -2.51. The summed E-state index contributed by atoms with van der Waals surface area (Å²) in [5.41, 5.74) is 7.21. The predicted molar refractivity (Wildman–Crippen MR) is 220 cm³/mol. The number of fused-ring (bicyclic) bond motifs is 2. The number of rotatable bonds is 9. The number of allylic oxidation sites excluding steroid dienone is 1. The van der Waals surface area contributed by atoms with Crippen LogP contribution in [0.1, 0.15) is 111 Å². The van der Waals surface area contributed by atoms with Crippen LogP contribution in [0.4, 0.5) is 4.39 Å². The molecule has 0 saturated carbocycles. The van der Waals surface area contributed by atoms with Crippen LogP contribution in [-0.2, 0) is 11.2 Å². The first-order chi connectivity index (χ1) is 28.2. The van der Waals surface area contributed by atoms with Crippen LogP contribution in [0.3, 0.4) is 0 Å². The number of likely N-dealkylation sites (tertiary alicyclic amines) is 2. The Morgan fingerprint density at radius 1 is 0.741 bits per heavy atom. The van der Waals surface area contributed by atoms with E-state index in [9.17, 15) is 23.9 Å². The molecule has 5 aliphatic rings. The molecular formula is C48H51FN4O5. The summed E-state index contributed by atoms with van der Waals surface area (Å²) in [4.78, 5) is 45.5. The van der Waals surface area contributed by atoms with Gasteiger partial charge < -0.3 is 20.1 Å². The molecule has 3 saturated heterocycles. The Hall–Kier alpha value is -5.32. The average Bonchev–Trinajstić information content (AvgIpc) is 3.49. The van der Waals surface area contributed by atoms with Gasteiger partial charge in [0.05, 0.1) is 11.1 Å². The number of nitrogens with zero attached hydrogens (tertiary/aromatic N) is 3. The number of piperidine rings is 3. The molecule has 9 rings (SSSR count). The maximum Gasteiger partial charge on any atom is 0.262 e. The fourth-order valence-electron chi connectivity index (χ4n) is 10.3. The summed E-state index contributed by atoms with van der Waals surface area (Å²) in [6.45, 7) is 9.41. The molecule has 0 bridgehead atoms. The summed E-state index contributed by atoms with van der Waals surface area (Å²) in [5.74, 6) is 0.435. The highest BCUT2D eigenvalue weighted by Crippen LogP contribution is 2.47. The third-order valence-corrected chi connectivity index (χ3v) is 13.5. The number of amides is 3. The van der Waals surface area contributed by atoms with E-state index in [1.54, 1.807) is 24.3 Å². The lowest BCUT2D eigenvalue weighted by molar-refractivity contribution is -0.125. The SMILES string of the molecule is C=C1CCC(N2C(=O)c3ccc(C4CCN(C5CCN(CCOc6ccc([C@H]7c8ccc(O)cc8CC[C@H]7c7ccc(F)cc7)cc6)CC5)CC4)cc3C2=O)C(=O)N1. The van der Waals surface area contributed by atoms with Crippen LogP contribution in [0, 0.1) is 5.82 Å². The van der Waals surface area contributed by atoms with Crippen LogP contribution in [0.2, 0.25) is 0 Å². The van der Waals surface area contributed by atoms with Crippen molar-refractivity contribution in [3.05, 3.63) is 142 Å². The summed E-state index contributed by atoms with van der Waals surface area (Å²) in [7, 11) is 0. The number of carbonyl (C=O) groups excluding carboxylic acids is 3. The molecule has 3 fully saturated rings. The van der Waals surface area contributed by atoms with Crippen LogP contribution < -0.4 is 10.1 Å². The van der Waals surface area contributed by atoms with E-state index in [4.69, 9.17) is 4.74 Å². The molecule has 4 aromatic carbocycles. The van der Waals surface area contributed by atoms with Crippen LogP contribution in [0.15, 0.2) is 97.2 Å². The van der Waals surface area contributed by atoms with Crippen molar-refractivity contribution in [2.45, 2.75) is 81.2 Å². The van der Waals surface area contributed by atoms with E-state index >= 15 is 0 Å². The van der Waals surface area contributed by atoms with Gasteiger partial charge in [-0.3, -0.25) is 24.2 Å². The first-order valence-electron chi connectivity index (χ1n) is 21.0. The number of benzene rings is 4. The van der Waals surface area contributed by atoms with Crippen LogP contribution in [0.5, 0.6) is 11.5 Å². The van der Waals surface area contributed by atoms with Crippen molar-refractivity contribution in [3.8, 4) is 11.5 Å². The van der Waals surface area contributed by atoms with Crippen molar-refractivity contribution in [1.82, 2.24) is 20.0 Å². The minimum atomic E-state index is -0.796. The highest BCUT2D eigenvalue weighted by Gasteiger charge is 2.44. The van der Waals surface area contributed by atoms with E-state index in [1.165, 1.54) is 16.7 Å². The summed E-state index contributed by atoms with van der Waals surface area (Å²) in [6.07, 6.45) is 7.01. The normalized spacial score (nSPS) is 23.5. The maximum atomic E-state index is 13.8. The number of carbonyl (C=O) groups is 3. The summed E-state index contributed by atoms with van der Waals surface area (Å²) in [5, 5.41) is 12.9. The van der Waals surface area contributed by atoms with Gasteiger partial charge in [-0.25, -0.2) is 4.39 Å². The van der Waals surface area contributed by atoms with E-state index in [1.807, 2.05) is 36.4 Å². The molecule has 4 heterocycles. The van der Waals surface area contributed by atoms with Crippen molar-refractivity contribution >= 4 is 17.7 Å². The van der Waals surface area contributed by atoms with Gasteiger partial charge in [0.15, 0.2) is 0 Å². The van der Waals surface area contributed by atoms with Crippen molar-refractivity contribution in [3.63, 3.8) is 0 Å². The average molecular weight is 783 g/mol. The van der Waals surface area contributed by atoms with E-state index in [0.29, 0.717) is 48.2 Å². The number of halogens is 1. The largest absolute Gasteiger partial charge is 0.508 e. The topological polar surface area (TPSA) is 102 Å². The number of imide groups is 1. The molecule has 3 amide bonds. The lowest BCUT2D eigenvalue weighted by atomic mass is 9.69. The maximum absolute atomic E-state index is 13.8. The van der Waals surface area contributed by atoms with E-state index < -0.39 is 6.04 Å². The highest BCUT2D eigenvalue weighted by atomic mass is 19.1. The highest BCUT2D eigenvalue weighted by molar-refractivity contribution is 6.23. The van der Waals surface area contributed by atoms with E-state index in [2.05, 4.69) is 46.0 Å². The second-order valence-electron chi connectivity index (χ2n) is 16.8. The molecule has 4 aromatic rings. The fourth-order valence-corrected chi connectivity index (χ4v) is 10.3. The van der Waals surface area contributed by atoms with E-state index in [0.717, 1.165) is 93.0 Å². The smallest absolute Gasteiger partial charge is 0.262 e. The Bertz CT molecular complexity index is 2210. The number of phenolic OH excluding ortho intramolecular Hbond substituents is 1. The van der Waals surface area contributed by atoms with Gasteiger partial charge in [-0.2, -0.15) is 0 Å². The molecule has 4 aliphatic heterocycles.